The molecule has 200 valence electrons. The first-order valence-corrected chi connectivity index (χ1v) is 12.9. The molecule has 3 aromatic heterocycles. The number of hydrogen-bond donors (Lipinski definition) is 3. The van der Waals surface area contributed by atoms with Gasteiger partial charge in [-0.25, -0.2) is 4.98 Å². The van der Waals surface area contributed by atoms with Gasteiger partial charge in [-0.3, -0.25) is 4.98 Å². The van der Waals surface area contributed by atoms with Crippen LogP contribution in [-0.2, 0) is 9.31 Å². The van der Waals surface area contributed by atoms with Crippen LogP contribution in [0, 0.1) is 0 Å². The summed E-state index contributed by atoms with van der Waals surface area (Å²) < 4.78 is 17.0. The van der Waals surface area contributed by atoms with E-state index in [4.69, 9.17) is 13.8 Å². The van der Waals surface area contributed by atoms with E-state index >= 15 is 0 Å². The van der Waals surface area contributed by atoms with Gasteiger partial charge in [0.1, 0.15) is 5.82 Å². The highest BCUT2D eigenvalue weighted by Crippen LogP contribution is 2.34. The Morgan fingerprint density at radius 2 is 1.90 bits per heavy atom. The van der Waals surface area contributed by atoms with Crippen LogP contribution in [0.1, 0.15) is 30.2 Å². The fourth-order valence-electron chi connectivity index (χ4n) is 4.75. The van der Waals surface area contributed by atoms with Crippen LogP contribution in [-0.4, -0.2) is 46.1 Å². The molecule has 2 atom stereocenters. The van der Waals surface area contributed by atoms with E-state index in [0.29, 0.717) is 28.8 Å². The number of rotatable bonds is 9. The number of aromatic nitrogens is 4. The first-order chi connectivity index (χ1) is 19.6. The molecule has 1 unspecified atom stereocenters. The van der Waals surface area contributed by atoms with Gasteiger partial charge in [0.05, 0.1) is 30.0 Å². The second-order valence-corrected chi connectivity index (χ2v) is 9.38. The van der Waals surface area contributed by atoms with Gasteiger partial charge in [0.2, 0.25) is 5.82 Å². The van der Waals surface area contributed by atoms with Crippen LogP contribution < -0.4 is 16.1 Å². The molecule has 0 saturated heterocycles. The minimum absolute atomic E-state index is 0.0856. The van der Waals surface area contributed by atoms with Crippen molar-refractivity contribution in [2.45, 2.75) is 19.1 Å². The third-order valence-electron chi connectivity index (χ3n) is 6.81. The van der Waals surface area contributed by atoms with Crippen molar-refractivity contribution in [3.8, 4) is 22.8 Å². The molecule has 10 nitrogen and oxygen atoms in total. The van der Waals surface area contributed by atoms with E-state index in [9.17, 15) is 5.11 Å². The number of hydrogen-bond acceptors (Lipinski definition) is 10. The fraction of sp³-hybridized carbons (Fsp3) is 0.172. The van der Waals surface area contributed by atoms with Crippen molar-refractivity contribution in [3.63, 3.8) is 0 Å². The zero-order chi connectivity index (χ0) is 27.5. The molecule has 0 aliphatic carbocycles. The molecular formula is C29H27BN6O4. The molecule has 0 fully saturated rings. The molecule has 1 aliphatic rings. The zero-order valence-corrected chi connectivity index (χ0v) is 22.0. The van der Waals surface area contributed by atoms with Crippen LogP contribution in [0.2, 0.25) is 0 Å². The number of nitrogens with one attached hydrogen (secondary N) is 2. The summed E-state index contributed by atoms with van der Waals surface area (Å²) >= 11 is 0. The van der Waals surface area contributed by atoms with Crippen molar-refractivity contribution in [2.24, 2.45) is 0 Å². The van der Waals surface area contributed by atoms with E-state index in [2.05, 4.69) is 30.7 Å². The van der Waals surface area contributed by atoms with Gasteiger partial charge in [0, 0.05) is 43.0 Å². The lowest BCUT2D eigenvalue weighted by molar-refractivity contribution is 0.191. The van der Waals surface area contributed by atoms with Crippen LogP contribution >= 0.6 is 0 Å². The van der Waals surface area contributed by atoms with Gasteiger partial charge in [-0.1, -0.05) is 41.6 Å². The van der Waals surface area contributed by atoms with E-state index in [1.165, 1.54) is 0 Å². The second-order valence-electron chi connectivity index (χ2n) is 9.38. The van der Waals surface area contributed by atoms with Crippen LogP contribution in [0.15, 0.2) is 89.8 Å². The molecule has 4 heterocycles. The van der Waals surface area contributed by atoms with Crippen LogP contribution in [0.3, 0.4) is 0 Å². The topological polar surface area (TPSA) is 127 Å². The maximum absolute atomic E-state index is 10.2. The van der Waals surface area contributed by atoms with Crippen molar-refractivity contribution >= 4 is 29.8 Å². The molecule has 2 aromatic carbocycles. The number of nitrogens with zero attached hydrogens (tertiary/aromatic N) is 4. The Hall–Kier alpha value is -4.58. The van der Waals surface area contributed by atoms with Crippen molar-refractivity contribution < 1.29 is 18.9 Å². The Morgan fingerprint density at radius 1 is 1.07 bits per heavy atom. The van der Waals surface area contributed by atoms with Crippen LogP contribution in [0.25, 0.3) is 22.8 Å². The normalized spacial score (nSPS) is 15.1. The Bertz CT molecular complexity index is 1600. The lowest BCUT2D eigenvalue weighted by Crippen LogP contribution is -2.30. The molecule has 5 aromatic rings. The highest BCUT2D eigenvalue weighted by atomic mass is 16.6. The highest BCUT2D eigenvalue weighted by Gasteiger charge is 2.34. The molecule has 6 rings (SSSR count). The third kappa shape index (κ3) is 5.17. The van der Waals surface area contributed by atoms with E-state index in [1.54, 1.807) is 25.7 Å². The predicted octanol–water partition coefficient (Wildman–Crippen LogP) is 4.52. The first kappa shape index (κ1) is 25.7. The van der Waals surface area contributed by atoms with Gasteiger partial charge in [0.25, 0.3) is 5.89 Å². The summed E-state index contributed by atoms with van der Waals surface area (Å²) in [5.74, 6) is 1.34. The minimum Gasteiger partial charge on any atom is -0.410 e. The summed E-state index contributed by atoms with van der Waals surface area (Å²) in [5, 5.41) is 21.2. The van der Waals surface area contributed by atoms with Crippen LogP contribution in [0.5, 0.6) is 0 Å². The summed E-state index contributed by atoms with van der Waals surface area (Å²) in [6.45, 7) is 1.88. The van der Waals surface area contributed by atoms with E-state index in [1.807, 2.05) is 73.7 Å². The number of aliphatic hydroxyl groups excluding tert-OH is 1. The summed E-state index contributed by atoms with van der Waals surface area (Å²) in [4.78, 5) is 13.3. The van der Waals surface area contributed by atoms with Crippen LogP contribution in [0.4, 0.5) is 17.2 Å². The van der Waals surface area contributed by atoms with E-state index in [-0.39, 0.29) is 25.9 Å². The van der Waals surface area contributed by atoms with Crippen molar-refractivity contribution in [3.05, 3.63) is 96.4 Å². The molecule has 40 heavy (non-hydrogen) atoms. The average Bonchev–Trinajstić information content (AvgIpc) is 3.62. The number of fused-ring (bicyclic) bond motifs is 1. The van der Waals surface area contributed by atoms with Gasteiger partial charge >= 0.3 is 7.12 Å². The second kappa shape index (κ2) is 11.3. The van der Waals surface area contributed by atoms with Crippen molar-refractivity contribution in [1.29, 1.82) is 0 Å². The largest absolute Gasteiger partial charge is 0.494 e. The molecule has 0 saturated carbocycles. The molecule has 0 amide bonds. The SMILES string of the molecule is COB1OC(C)c2cc(Nc3cc(N[C@H](CO)c4ccccc4)c(-c4nc(-c5ccncc5)no4)cn3)ccc21. The van der Waals surface area contributed by atoms with Gasteiger partial charge in [-0.2, -0.15) is 4.98 Å². The van der Waals surface area contributed by atoms with Crippen molar-refractivity contribution in [2.75, 3.05) is 24.4 Å². The summed E-state index contributed by atoms with van der Waals surface area (Å²) in [5.41, 5.74) is 5.93. The number of aliphatic hydroxyl groups is 1. The lowest BCUT2D eigenvalue weighted by atomic mass is 9.78. The molecular weight excluding hydrogens is 507 g/mol. The molecule has 0 bridgehead atoms. The molecule has 11 heteroatoms. The Labute approximate surface area is 231 Å². The molecule has 3 N–H and O–H groups in total. The van der Waals surface area contributed by atoms with Gasteiger partial charge < -0.3 is 29.6 Å². The van der Waals surface area contributed by atoms with E-state index in [0.717, 1.165) is 27.8 Å². The smallest absolute Gasteiger partial charge is 0.410 e. The Kier molecular flexibility index (Phi) is 7.24. The van der Waals surface area contributed by atoms with Gasteiger partial charge in [-0.05, 0) is 47.8 Å². The fourth-order valence-corrected chi connectivity index (χ4v) is 4.75. The summed E-state index contributed by atoms with van der Waals surface area (Å²) in [7, 11) is 1.27. The molecule has 1 aliphatic heterocycles. The quantitative estimate of drug-likeness (QED) is 0.232. The molecule has 0 radical (unpaired) electrons. The summed E-state index contributed by atoms with van der Waals surface area (Å²) in [6.07, 6.45) is 4.94. The number of benzene rings is 2. The Morgan fingerprint density at radius 3 is 2.67 bits per heavy atom. The maximum atomic E-state index is 10.2. The third-order valence-corrected chi connectivity index (χ3v) is 6.81. The zero-order valence-electron chi connectivity index (χ0n) is 22.0. The van der Waals surface area contributed by atoms with E-state index < -0.39 is 0 Å². The summed E-state index contributed by atoms with van der Waals surface area (Å²) in [6, 6.07) is 20.9. The average molecular weight is 534 g/mol. The predicted molar refractivity (Wildman–Crippen MR) is 152 cm³/mol. The maximum Gasteiger partial charge on any atom is 0.494 e. The molecule has 0 spiro atoms. The standard InChI is InChI=1S/C29H27BN6O4/c1-18-22-14-21(8-9-24(22)30(38-2)39-18)33-27-15-25(34-26(17-37)19-6-4-3-5-7-19)23(16-32-27)29-35-28(36-40-29)20-10-12-31-13-11-20/h3-16,18,26,37H,17H2,1-2H3,(H2,32,33,34)/t18?,26-/m1/s1. The van der Waals surface area contributed by atoms with Gasteiger partial charge in [0.15, 0.2) is 0 Å². The number of anilines is 3. The van der Waals surface area contributed by atoms with Gasteiger partial charge in [-0.15, -0.1) is 0 Å². The van der Waals surface area contributed by atoms with Crippen molar-refractivity contribution in [1.82, 2.24) is 20.1 Å². The first-order valence-electron chi connectivity index (χ1n) is 12.9. The minimum atomic E-state index is -0.373. The highest BCUT2D eigenvalue weighted by molar-refractivity contribution is 6.63. The number of pyridine rings is 2. The lowest BCUT2D eigenvalue weighted by Gasteiger charge is -2.20. The Balaban J connectivity index is 1.35. The monoisotopic (exact) mass is 534 g/mol.